The molecule has 0 saturated heterocycles. The van der Waals surface area contributed by atoms with Gasteiger partial charge in [-0.15, -0.1) is 0 Å². The van der Waals surface area contributed by atoms with Gasteiger partial charge in [-0.05, 0) is 73.2 Å². The Balaban J connectivity index is 1.44. The molecule has 0 N–H and O–H groups in total. The van der Waals surface area contributed by atoms with Gasteiger partial charge < -0.3 is 9.80 Å². The summed E-state index contributed by atoms with van der Waals surface area (Å²) in [7, 11) is 0. The molecule has 5 aromatic rings. The van der Waals surface area contributed by atoms with Crippen molar-refractivity contribution < 1.29 is 0 Å². The van der Waals surface area contributed by atoms with Crippen LogP contribution in [-0.2, 0) is 5.41 Å². The van der Waals surface area contributed by atoms with E-state index >= 15 is 0 Å². The van der Waals surface area contributed by atoms with Crippen molar-refractivity contribution in [2.24, 2.45) is 0 Å². The first kappa shape index (κ1) is 24.5. The molecule has 0 heterocycles. The van der Waals surface area contributed by atoms with E-state index in [1.165, 1.54) is 11.3 Å². The minimum absolute atomic E-state index is 0.0949. The standard InChI is InChI=1S/C37H32N2/c1-37(30-16-6-2-7-17-30)29-15-14-24-36(37)39(33-22-12-5-13-23-33)35-27-25-34(26-28-35)38(31-18-8-3-9-19-31)32-20-10-4-11-21-32/h2-29,36H,1H3. The first-order chi connectivity index (χ1) is 19.2. The largest absolute Gasteiger partial charge is 0.333 e. The lowest BCUT2D eigenvalue weighted by Crippen LogP contribution is -2.46. The Morgan fingerprint density at radius 3 is 1.41 bits per heavy atom. The van der Waals surface area contributed by atoms with Crippen molar-refractivity contribution in [1.29, 1.82) is 0 Å². The Morgan fingerprint density at radius 1 is 0.462 bits per heavy atom. The average Bonchev–Trinajstić information content (AvgIpc) is 3.01. The van der Waals surface area contributed by atoms with Crippen LogP contribution in [0.5, 0.6) is 0 Å². The maximum Gasteiger partial charge on any atom is 0.0654 e. The van der Waals surface area contributed by atoms with Crippen molar-refractivity contribution in [3.63, 3.8) is 0 Å². The van der Waals surface area contributed by atoms with Gasteiger partial charge in [-0.25, -0.2) is 0 Å². The third-order valence-corrected chi connectivity index (χ3v) is 7.58. The van der Waals surface area contributed by atoms with Crippen LogP contribution in [0.3, 0.4) is 0 Å². The van der Waals surface area contributed by atoms with Crippen LogP contribution in [0.25, 0.3) is 0 Å². The Hall–Kier alpha value is -4.82. The van der Waals surface area contributed by atoms with Gasteiger partial charge in [0.05, 0.1) is 6.04 Å². The van der Waals surface area contributed by atoms with Gasteiger partial charge in [0, 0.05) is 33.9 Å². The van der Waals surface area contributed by atoms with E-state index in [4.69, 9.17) is 0 Å². The lowest BCUT2D eigenvalue weighted by Gasteiger charge is -2.44. The second-order valence-corrected chi connectivity index (χ2v) is 10.1. The Morgan fingerprint density at radius 2 is 0.872 bits per heavy atom. The van der Waals surface area contributed by atoms with Gasteiger partial charge in [0.25, 0.3) is 0 Å². The predicted octanol–water partition coefficient (Wildman–Crippen LogP) is 9.75. The molecule has 0 amide bonds. The summed E-state index contributed by atoms with van der Waals surface area (Å²) in [6.45, 7) is 2.34. The number of para-hydroxylation sites is 3. The Labute approximate surface area is 231 Å². The monoisotopic (exact) mass is 504 g/mol. The van der Waals surface area contributed by atoms with Crippen molar-refractivity contribution in [3.8, 4) is 0 Å². The number of hydrogen-bond donors (Lipinski definition) is 0. The highest BCUT2D eigenvalue weighted by Gasteiger charge is 2.38. The topological polar surface area (TPSA) is 6.48 Å². The second kappa shape index (κ2) is 10.9. The minimum Gasteiger partial charge on any atom is -0.333 e. The average molecular weight is 505 g/mol. The van der Waals surface area contributed by atoms with Crippen molar-refractivity contribution in [3.05, 3.63) is 175 Å². The summed E-state index contributed by atoms with van der Waals surface area (Å²) in [5.41, 5.74) is 6.80. The van der Waals surface area contributed by atoms with E-state index in [2.05, 4.69) is 187 Å². The quantitative estimate of drug-likeness (QED) is 0.218. The molecule has 0 spiro atoms. The Bertz CT molecular complexity index is 1500. The van der Waals surface area contributed by atoms with Crippen LogP contribution in [0.4, 0.5) is 28.4 Å². The van der Waals surface area contributed by atoms with Crippen LogP contribution in [0.2, 0.25) is 0 Å². The van der Waals surface area contributed by atoms with Crippen LogP contribution >= 0.6 is 0 Å². The smallest absolute Gasteiger partial charge is 0.0654 e. The highest BCUT2D eigenvalue weighted by Crippen LogP contribution is 2.42. The van der Waals surface area contributed by atoms with Crippen molar-refractivity contribution in [2.45, 2.75) is 18.4 Å². The molecule has 0 aromatic heterocycles. The van der Waals surface area contributed by atoms with Crippen LogP contribution in [0.15, 0.2) is 170 Å². The molecule has 2 nitrogen and oxygen atoms in total. The zero-order valence-electron chi connectivity index (χ0n) is 22.1. The fourth-order valence-electron chi connectivity index (χ4n) is 5.56. The van der Waals surface area contributed by atoms with E-state index in [0.29, 0.717) is 0 Å². The molecule has 2 heteroatoms. The molecule has 0 aliphatic heterocycles. The molecule has 39 heavy (non-hydrogen) atoms. The molecule has 0 saturated carbocycles. The SMILES string of the molecule is CC1(c2ccccc2)C=CC=CC1N(c1ccccc1)c1ccc(N(c2ccccc2)c2ccccc2)cc1. The first-order valence-electron chi connectivity index (χ1n) is 13.5. The lowest BCUT2D eigenvalue weighted by molar-refractivity contribution is 0.511. The van der Waals surface area contributed by atoms with Crippen LogP contribution in [0, 0.1) is 0 Å². The zero-order chi connectivity index (χ0) is 26.5. The predicted molar refractivity (Wildman–Crippen MR) is 166 cm³/mol. The van der Waals surface area contributed by atoms with E-state index in [-0.39, 0.29) is 11.5 Å². The van der Waals surface area contributed by atoms with E-state index in [0.717, 1.165) is 22.7 Å². The highest BCUT2D eigenvalue weighted by atomic mass is 15.2. The summed E-state index contributed by atoms with van der Waals surface area (Å²) in [5.74, 6) is 0. The van der Waals surface area contributed by atoms with Crippen molar-refractivity contribution >= 4 is 28.4 Å². The maximum atomic E-state index is 2.46. The summed E-state index contributed by atoms with van der Waals surface area (Å²) in [6.07, 6.45) is 9.01. The number of benzene rings is 5. The molecule has 0 bridgehead atoms. The van der Waals surface area contributed by atoms with Crippen molar-refractivity contribution in [2.75, 3.05) is 9.80 Å². The van der Waals surface area contributed by atoms with Gasteiger partial charge in [0.1, 0.15) is 0 Å². The van der Waals surface area contributed by atoms with E-state index < -0.39 is 0 Å². The number of allylic oxidation sites excluding steroid dienone is 2. The molecule has 5 aromatic carbocycles. The fourth-order valence-corrected chi connectivity index (χ4v) is 5.56. The first-order valence-corrected chi connectivity index (χ1v) is 13.5. The van der Waals surface area contributed by atoms with E-state index in [9.17, 15) is 0 Å². The van der Waals surface area contributed by atoms with Gasteiger partial charge >= 0.3 is 0 Å². The summed E-state index contributed by atoms with van der Waals surface area (Å²) < 4.78 is 0. The van der Waals surface area contributed by atoms with Gasteiger partial charge in [-0.3, -0.25) is 0 Å². The van der Waals surface area contributed by atoms with Gasteiger partial charge in [0.2, 0.25) is 0 Å². The Kier molecular flexibility index (Phi) is 6.84. The molecule has 2 atom stereocenters. The highest BCUT2D eigenvalue weighted by molar-refractivity contribution is 5.78. The molecule has 2 unspecified atom stereocenters. The number of hydrogen-bond acceptors (Lipinski definition) is 2. The molecular formula is C37H32N2. The second-order valence-electron chi connectivity index (χ2n) is 10.1. The number of nitrogens with zero attached hydrogens (tertiary/aromatic N) is 2. The number of anilines is 5. The van der Waals surface area contributed by atoms with Gasteiger partial charge in [0.15, 0.2) is 0 Å². The third kappa shape index (κ3) is 4.89. The van der Waals surface area contributed by atoms with Crippen LogP contribution in [0.1, 0.15) is 12.5 Å². The summed E-state index contributed by atoms with van der Waals surface area (Å²) in [6, 6.07) is 51.7. The normalized spacial score (nSPS) is 18.0. The van der Waals surface area contributed by atoms with E-state index in [1.807, 2.05) is 0 Å². The van der Waals surface area contributed by atoms with E-state index in [1.54, 1.807) is 0 Å². The molecule has 0 radical (unpaired) electrons. The summed E-state index contributed by atoms with van der Waals surface area (Å²) >= 11 is 0. The summed E-state index contributed by atoms with van der Waals surface area (Å²) in [4.78, 5) is 4.76. The van der Waals surface area contributed by atoms with Crippen LogP contribution in [-0.4, -0.2) is 6.04 Å². The van der Waals surface area contributed by atoms with Crippen LogP contribution < -0.4 is 9.80 Å². The number of rotatable bonds is 7. The maximum absolute atomic E-state index is 2.46. The summed E-state index contributed by atoms with van der Waals surface area (Å²) in [5, 5.41) is 0. The van der Waals surface area contributed by atoms with Crippen molar-refractivity contribution in [1.82, 2.24) is 0 Å². The zero-order valence-corrected chi connectivity index (χ0v) is 22.1. The lowest BCUT2D eigenvalue weighted by atomic mass is 9.72. The molecule has 1 aliphatic rings. The minimum atomic E-state index is -0.204. The molecule has 190 valence electrons. The van der Waals surface area contributed by atoms with Gasteiger partial charge in [-0.1, -0.05) is 109 Å². The van der Waals surface area contributed by atoms with Gasteiger partial charge in [-0.2, -0.15) is 0 Å². The third-order valence-electron chi connectivity index (χ3n) is 7.58. The molecule has 6 rings (SSSR count). The molecular weight excluding hydrogens is 472 g/mol. The fraction of sp³-hybridized carbons (Fsp3) is 0.0811. The molecule has 0 fully saturated rings. The molecule has 1 aliphatic carbocycles.